The summed E-state index contributed by atoms with van der Waals surface area (Å²) in [6, 6.07) is 1.98. The molecule has 0 unspecified atom stereocenters. The second-order valence-electron chi connectivity index (χ2n) is 5.33. The first-order chi connectivity index (χ1) is 9.69. The fourth-order valence-corrected chi connectivity index (χ4v) is 1.69. The van der Waals surface area contributed by atoms with Gasteiger partial charge in [0.2, 0.25) is 0 Å². The van der Waals surface area contributed by atoms with Gasteiger partial charge in [0.05, 0.1) is 11.1 Å². The van der Waals surface area contributed by atoms with Gasteiger partial charge in [0.15, 0.2) is 11.6 Å². The molecule has 1 rings (SSSR count). The number of ether oxygens (including phenoxy) is 2. The van der Waals surface area contributed by atoms with Crippen molar-refractivity contribution in [2.45, 2.75) is 32.8 Å². The van der Waals surface area contributed by atoms with Gasteiger partial charge in [-0.1, -0.05) is 0 Å². The highest BCUT2D eigenvalue weighted by Gasteiger charge is 2.15. The van der Waals surface area contributed by atoms with Crippen LogP contribution >= 0.6 is 15.9 Å². The number of alkyl carbamates (subject to hydrolysis) is 1. The normalized spacial score (nSPS) is 11.1. The second kappa shape index (κ2) is 7.59. The van der Waals surface area contributed by atoms with Gasteiger partial charge >= 0.3 is 6.09 Å². The third kappa shape index (κ3) is 6.75. The van der Waals surface area contributed by atoms with Crippen LogP contribution in [0.25, 0.3) is 0 Å². The van der Waals surface area contributed by atoms with Crippen LogP contribution < -0.4 is 10.1 Å². The van der Waals surface area contributed by atoms with E-state index in [4.69, 9.17) is 9.47 Å². The van der Waals surface area contributed by atoms with E-state index in [0.717, 1.165) is 12.1 Å². The summed E-state index contributed by atoms with van der Waals surface area (Å²) in [5, 5.41) is 2.54. The van der Waals surface area contributed by atoms with Gasteiger partial charge in [0.1, 0.15) is 11.4 Å². The molecule has 0 saturated carbocycles. The van der Waals surface area contributed by atoms with Crippen LogP contribution in [-0.4, -0.2) is 24.8 Å². The SMILES string of the molecule is CC(C)(C)OC(=O)NCCCOc1cc(F)c(Br)cc1F. The van der Waals surface area contributed by atoms with Crippen LogP contribution in [0, 0.1) is 11.6 Å². The quantitative estimate of drug-likeness (QED) is 0.633. The van der Waals surface area contributed by atoms with Gasteiger partial charge in [-0.3, -0.25) is 0 Å². The molecule has 0 aliphatic heterocycles. The van der Waals surface area contributed by atoms with Crippen molar-refractivity contribution in [1.82, 2.24) is 5.32 Å². The highest BCUT2D eigenvalue weighted by Crippen LogP contribution is 2.25. The maximum atomic E-state index is 13.4. The first kappa shape index (κ1) is 17.7. The zero-order chi connectivity index (χ0) is 16.0. The van der Waals surface area contributed by atoms with Gasteiger partial charge in [0, 0.05) is 12.6 Å². The first-order valence-electron chi connectivity index (χ1n) is 6.43. The molecule has 1 aromatic rings. The zero-order valence-electron chi connectivity index (χ0n) is 12.1. The van der Waals surface area contributed by atoms with Crippen molar-refractivity contribution < 1.29 is 23.0 Å². The largest absolute Gasteiger partial charge is 0.490 e. The van der Waals surface area contributed by atoms with Gasteiger partial charge in [-0.05, 0) is 49.2 Å². The average Bonchev–Trinajstić information content (AvgIpc) is 2.32. The molecule has 0 aliphatic rings. The molecule has 0 fully saturated rings. The minimum atomic E-state index is -0.650. The zero-order valence-corrected chi connectivity index (χ0v) is 13.7. The minimum absolute atomic E-state index is 0.0407. The summed E-state index contributed by atoms with van der Waals surface area (Å²) < 4.78 is 36.9. The lowest BCUT2D eigenvalue weighted by Gasteiger charge is -2.19. The standard InChI is InChI=1S/C14H18BrF2NO3/c1-14(2,3)21-13(19)18-5-4-6-20-12-8-10(16)9(15)7-11(12)17/h7-8H,4-6H2,1-3H3,(H,18,19). The third-order valence-corrected chi connectivity index (χ3v) is 2.83. The Hall–Kier alpha value is -1.37. The number of hydrogen-bond donors (Lipinski definition) is 1. The summed E-state index contributed by atoms with van der Waals surface area (Å²) >= 11 is 2.88. The number of nitrogens with one attached hydrogen (secondary N) is 1. The third-order valence-electron chi connectivity index (χ3n) is 2.22. The number of carbonyl (C=O) groups is 1. The molecule has 0 atom stereocenters. The van der Waals surface area contributed by atoms with E-state index in [0.29, 0.717) is 13.0 Å². The fourth-order valence-electron chi connectivity index (χ4n) is 1.37. The molecule has 118 valence electrons. The topological polar surface area (TPSA) is 47.6 Å². The summed E-state index contributed by atoms with van der Waals surface area (Å²) in [6.07, 6.45) is -0.0838. The Morgan fingerprint density at radius 3 is 2.57 bits per heavy atom. The second-order valence-corrected chi connectivity index (χ2v) is 6.18. The molecule has 1 amide bonds. The Labute approximate surface area is 130 Å². The Kier molecular flexibility index (Phi) is 6.39. The summed E-state index contributed by atoms with van der Waals surface area (Å²) in [6.45, 7) is 5.75. The van der Waals surface area contributed by atoms with Crippen molar-refractivity contribution in [3.63, 3.8) is 0 Å². The maximum absolute atomic E-state index is 13.4. The minimum Gasteiger partial charge on any atom is -0.490 e. The molecule has 7 heteroatoms. The summed E-state index contributed by atoms with van der Waals surface area (Å²) in [4.78, 5) is 11.3. The van der Waals surface area contributed by atoms with E-state index in [-0.39, 0.29) is 16.8 Å². The maximum Gasteiger partial charge on any atom is 0.407 e. The van der Waals surface area contributed by atoms with Gasteiger partial charge in [-0.2, -0.15) is 0 Å². The molecule has 0 spiro atoms. The van der Waals surface area contributed by atoms with E-state index in [1.807, 2.05) is 0 Å². The lowest BCUT2D eigenvalue weighted by molar-refractivity contribution is 0.0525. The van der Waals surface area contributed by atoms with Crippen molar-refractivity contribution in [1.29, 1.82) is 0 Å². The first-order valence-corrected chi connectivity index (χ1v) is 7.22. The Balaban J connectivity index is 2.29. The van der Waals surface area contributed by atoms with E-state index in [2.05, 4.69) is 21.2 Å². The molecule has 0 heterocycles. The molecule has 21 heavy (non-hydrogen) atoms. The molecule has 0 bridgehead atoms. The molecule has 0 saturated heterocycles. The number of amides is 1. The number of rotatable bonds is 5. The lowest BCUT2D eigenvalue weighted by atomic mass is 10.2. The smallest absolute Gasteiger partial charge is 0.407 e. The number of hydrogen-bond acceptors (Lipinski definition) is 3. The molecule has 0 aromatic heterocycles. The molecular formula is C14H18BrF2NO3. The van der Waals surface area contributed by atoms with E-state index in [1.54, 1.807) is 20.8 Å². The van der Waals surface area contributed by atoms with Crippen molar-refractivity contribution in [3.8, 4) is 5.75 Å². The lowest BCUT2D eigenvalue weighted by Crippen LogP contribution is -2.33. The summed E-state index contributed by atoms with van der Waals surface area (Å²) in [5.41, 5.74) is -0.557. The number of halogens is 3. The monoisotopic (exact) mass is 365 g/mol. The van der Waals surface area contributed by atoms with E-state index in [1.165, 1.54) is 0 Å². The Morgan fingerprint density at radius 1 is 1.29 bits per heavy atom. The summed E-state index contributed by atoms with van der Waals surface area (Å²) in [5.74, 6) is -1.41. The molecule has 1 aromatic carbocycles. The van der Waals surface area contributed by atoms with Crippen molar-refractivity contribution in [2.24, 2.45) is 0 Å². The van der Waals surface area contributed by atoms with Gasteiger partial charge in [-0.25, -0.2) is 13.6 Å². The van der Waals surface area contributed by atoms with Crippen molar-refractivity contribution >= 4 is 22.0 Å². The van der Waals surface area contributed by atoms with Crippen LogP contribution in [-0.2, 0) is 4.74 Å². The summed E-state index contributed by atoms with van der Waals surface area (Å²) in [7, 11) is 0. The molecule has 4 nitrogen and oxygen atoms in total. The van der Waals surface area contributed by atoms with E-state index < -0.39 is 23.3 Å². The highest BCUT2D eigenvalue weighted by atomic mass is 79.9. The van der Waals surface area contributed by atoms with Crippen LogP contribution in [0.3, 0.4) is 0 Å². The predicted molar refractivity (Wildman–Crippen MR) is 78.4 cm³/mol. The predicted octanol–water partition coefficient (Wildman–Crippen LogP) is 4.02. The van der Waals surface area contributed by atoms with E-state index >= 15 is 0 Å². The van der Waals surface area contributed by atoms with Crippen LogP contribution in [0.15, 0.2) is 16.6 Å². The van der Waals surface area contributed by atoms with Gasteiger partial charge < -0.3 is 14.8 Å². The molecule has 1 N–H and O–H groups in total. The van der Waals surface area contributed by atoms with Gasteiger partial charge in [-0.15, -0.1) is 0 Å². The molecular weight excluding hydrogens is 348 g/mol. The number of benzene rings is 1. The van der Waals surface area contributed by atoms with Crippen LogP contribution in [0.1, 0.15) is 27.2 Å². The van der Waals surface area contributed by atoms with E-state index in [9.17, 15) is 13.6 Å². The van der Waals surface area contributed by atoms with Crippen molar-refractivity contribution in [3.05, 3.63) is 28.2 Å². The van der Waals surface area contributed by atoms with Crippen molar-refractivity contribution in [2.75, 3.05) is 13.2 Å². The molecule has 0 aliphatic carbocycles. The fraction of sp³-hybridized carbons (Fsp3) is 0.500. The van der Waals surface area contributed by atoms with Crippen LogP contribution in [0.2, 0.25) is 0 Å². The number of carbonyl (C=O) groups excluding carboxylic acids is 1. The Bertz CT molecular complexity index is 504. The van der Waals surface area contributed by atoms with Gasteiger partial charge in [0.25, 0.3) is 0 Å². The Morgan fingerprint density at radius 2 is 1.95 bits per heavy atom. The van der Waals surface area contributed by atoms with Crippen LogP contribution in [0.4, 0.5) is 13.6 Å². The van der Waals surface area contributed by atoms with Crippen LogP contribution in [0.5, 0.6) is 5.75 Å². The highest BCUT2D eigenvalue weighted by molar-refractivity contribution is 9.10. The molecule has 0 radical (unpaired) electrons. The average molecular weight is 366 g/mol.